The zero-order valence-electron chi connectivity index (χ0n) is 19.4. The van der Waals surface area contributed by atoms with Crippen molar-refractivity contribution in [3.05, 3.63) is 66.2 Å². The molecule has 0 aliphatic rings. The minimum absolute atomic E-state index is 0.144. The van der Waals surface area contributed by atoms with E-state index in [9.17, 15) is 4.79 Å². The van der Waals surface area contributed by atoms with E-state index in [0.29, 0.717) is 18.5 Å². The summed E-state index contributed by atoms with van der Waals surface area (Å²) in [5.41, 5.74) is 3.50. The van der Waals surface area contributed by atoms with Gasteiger partial charge in [0.2, 0.25) is 5.91 Å². The smallest absolute Gasteiger partial charge is 0.220 e. The van der Waals surface area contributed by atoms with Crippen molar-refractivity contribution in [2.24, 2.45) is 0 Å². The molecule has 3 aromatic rings. The summed E-state index contributed by atoms with van der Waals surface area (Å²) in [4.78, 5) is 18.9. The molecule has 0 saturated heterocycles. The molecule has 176 valence electrons. The van der Waals surface area contributed by atoms with E-state index in [1.54, 1.807) is 12.5 Å². The van der Waals surface area contributed by atoms with Crippen molar-refractivity contribution in [3.8, 4) is 11.3 Å². The van der Waals surface area contributed by atoms with Crippen molar-refractivity contribution in [1.29, 1.82) is 5.41 Å². The minimum atomic E-state index is 0.144. The number of aryl methyl sites for hydroxylation is 1. The summed E-state index contributed by atoms with van der Waals surface area (Å²) in [5.74, 6) is 0.144. The van der Waals surface area contributed by atoms with E-state index < -0.39 is 0 Å². The average molecular weight is 449 g/mol. The van der Waals surface area contributed by atoms with Crippen LogP contribution in [-0.4, -0.2) is 32.2 Å². The third kappa shape index (κ3) is 9.04. The Bertz CT molecular complexity index is 997. The lowest BCUT2D eigenvalue weighted by molar-refractivity contribution is -0.121. The Morgan fingerprint density at radius 2 is 1.67 bits per heavy atom. The SMILES string of the molecule is N=c1ccc(-c2ccccc2)nn1CCCCCCCCCCC(=O)NCCc1cnc[nH]1. The number of imidazole rings is 1. The number of rotatable bonds is 15. The van der Waals surface area contributed by atoms with Gasteiger partial charge in [-0.1, -0.05) is 68.9 Å². The van der Waals surface area contributed by atoms with Crippen molar-refractivity contribution in [2.75, 3.05) is 6.54 Å². The number of hydrogen-bond acceptors (Lipinski definition) is 4. The van der Waals surface area contributed by atoms with Gasteiger partial charge in [-0.3, -0.25) is 10.2 Å². The van der Waals surface area contributed by atoms with Crippen LogP contribution in [0.3, 0.4) is 0 Å². The number of amides is 1. The second-order valence-electron chi connectivity index (χ2n) is 8.45. The van der Waals surface area contributed by atoms with Crippen LogP contribution < -0.4 is 10.8 Å². The molecular formula is C26H36N6O. The molecular weight excluding hydrogens is 412 g/mol. The summed E-state index contributed by atoms with van der Waals surface area (Å²) in [6.45, 7) is 1.45. The van der Waals surface area contributed by atoms with E-state index in [4.69, 9.17) is 5.41 Å². The van der Waals surface area contributed by atoms with Crippen LogP contribution in [0.4, 0.5) is 0 Å². The molecule has 3 rings (SSSR count). The largest absolute Gasteiger partial charge is 0.356 e. The van der Waals surface area contributed by atoms with Crippen LogP contribution in [0.5, 0.6) is 0 Å². The molecule has 2 heterocycles. The molecule has 2 aromatic heterocycles. The molecule has 33 heavy (non-hydrogen) atoms. The Labute approximate surface area is 196 Å². The molecule has 0 atom stereocenters. The summed E-state index contributed by atoms with van der Waals surface area (Å²) in [7, 11) is 0. The summed E-state index contributed by atoms with van der Waals surface area (Å²) < 4.78 is 1.81. The van der Waals surface area contributed by atoms with Gasteiger partial charge in [-0.25, -0.2) is 9.67 Å². The first-order chi connectivity index (χ1) is 16.2. The Balaban J connectivity index is 1.19. The zero-order valence-corrected chi connectivity index (χ0v) is 19.4. The third-order valence-electron chi connectivity index (χ3n) is 5.77. The molecule has 0 radical (unpaired) electrons. The van der Waals surface area contributed by atoms with Crippen LogP contribution in [-0.2, 0) is 17.8 Å². The van der Waals surface area contributed by atoms with Crippen molar-refractivity contribution in [1.82, 2.24) is 25.1 Å². The van der Waals surface area contributed by atoms with Crippen LogP contribution in [0.15, 0.2) is 55.0 Å². The molecule has 0 spiro atoms. The van der Waals surface area contributed by atoms with Gasteiger partial charge < -0.3 is 10.3 Å². The zero-order chi connectivity index (χ0) is 23.1. The van der Waals surface area contributed by atoms with Crippen molar-refractivity contribution in [2.45, 2.75) is 70.8 Å². The topological polar surface area (TPSA) is 99.4 Å². The molecule has 0 fully saturated rings. The molecule has 0 unspecified atom stereocenters. The fourth-order valence-corrected chi connectivity index (χ4v) is 3.85. The lowest BCUT2D eigenvalue weighted by atomic mass is 10.1. The summed E-state index contributed by atoms with van der Waals surface area (Å²) >= 11 is 0. The maximum absolute atomic E-state index is 11.9. The normalized spacial score (nSPS) is 10.9. The second-order valence-corrected chi connectivity index (χ2v) is 8.45. The number of H-pyrrole nitrogens is 1. The van der Waals surface area contributed by atoms with Gasteiger partial charge in [-0.15, -0.1) is 0 Å². The summed E-state index contributed by atoms with van der Waals surface area (Å²) in [5, 5.41) is 15.7. The van der Waals surface area contributed by atoms with Crippen LogP contribution in [0.2, 0.25) is 0 Å². The van der Waals surface area contributed by atoms with E-state index in [1.165, 1.54) is 25.7 Å². The number of hydrogen-bond donors (Lipinski definition) is 3. The maximum atomic E-state index is 11.9. The standard InChI is InChI=1S/C26H36N6O/c27-25-16-15-24(22-12-8-7-9-13-22)31-32(25)19-11-6-4-2-1-3-5-10-14-26(33)29-18-17-23-20-28-21-30-23/h7-9,12-13,15-16,20-21,27H,1-6,10-11,14,17-19H2,(H,28,30)(H,29,33). The van der Waals surface area contributed by atoms with Gasteiger partial charge in [0.25, 0.3) is 0 Å². The molecule has 7 nitrogen and oxygen atoms in total. The highest BCUT2D eigenvalue weighted by molar-refractivity contribution is 5.75. The summed E-state index contributed by atoms with van der Waals surface area (Å²) in [6.07, 6.45) is 14.0. The molecule has 7 heteroatoms. The highest BCUT2D eigenvalue weighted by Crippen LogP contribution is 2.14. The van der Waals surface area contributed by atoms with Crippen molar-refractivity contribution >= 4 is 5.91 Å². The van der Waals surface area contributed by atoms with Crippen molar-refractivity contribution in [3.63, 3.8) is 0 Å². The first-order valence-electron chi connectivity index (χ1n) is 12.1. The number of nitrogens with one attached hydrogen (secondary N) is 3. The quantitative estimate of drug-likeness (QED) is 0.296. The average Bonchev–Trinajstić information content (AvgIpc) is 3.35. The van der Waals surface area contributed by atoms with E-state index in [1.807, 2.05) is 47.1 Å². The van der Waals surface area contributed by atoms with Gasteiger partial charge in [-0.2, -0.15) is 5.10 Å². The second kappa shape index (κ2) is 14.0. The maximum Gasteiger partial charge on any atom is 0.220 e. The Kier molecular flexibility index (Phi) is 10.4. The highest BCUT2D eigenvalue weighted by Gasteiger charge is 2.03. The number of nitrogens with zero attached hydrogens (tertiary/aromatic N) is 3. The molecule has 0 aliphatic heterocycles. The van der Waals surface area contributed by atoms with Crippen molar-refractivity contribution < 1.29 is 4.79 Å². The van der Waals surface area contributed by atoms with E-state index in [2.05, 4.69) is 20.4 Å². The number of aromatic nitrogens is 4. The molecule has 1 aromatic carbocycles. The van der Waals surface area contributed by atoms with Crippen LogP contribution in [0, 0.1) is 5.41 Å². The van der Waals surface area contributed by atoms with Gasteiger partial charge in [-0.05, 0) is 25.0 Å². The molecule has 1 amide bonds. The first kappa shape index (κ1) is 24.4. The van der Waals surface area contributed by atoms with E-state index in [0.717, 1.165) is 55.6 Å². The molecule has 0 aliphatic carbocycles. The van der Waals surface area contributed by atoms with Gasteiger partial charge >= 0.3 is 0 Å². The number of carbonyl (C=O) groups excluding carboxylic acids is 1. The fraction of sp³-hybridized carbons (Fsp3) is 0.462. The number of aromatic amines is 1. The van der Waals surface area contributed by atoms with E-state index >= 15 is 0 Å². The molecule has 3 N–H and O–H groups in total. The van der Waals surface area contributed by atoms with Crippen LogP contribution in [0.1, 0.15) is 63.5 Å². The minimum Gasteiger partial charge on any atom is -0.356 e. The van der Waals surface area contributed by atoms with Gasteiger partial charge in [0, 0.05) is 43.4 Å². The van der Waals surface area contributed by atoms with Gasteiger partial charge in [0.05, 0.1) is 12.0 Å². The first-order valence-corrected chi connectivity index (χ1v) is 12.1. The number of benzene rings is 1. The van der Waals surface area contributed by atoms with E-state index in [-0.39, 0.29) is 5.91 Å². The predicted molar refractivity (Wildman–Crippen MR) is 130 cm³/mol. The van der Waals surface area contributed by atoms with Crippen LogP contribution >= 0.6 is 0 Å². The monoisotopic (exact) mass is 448 g/mol. The Morgan fingerprint density at radius 3 is 2.39 bits per heavy atom. The third-order valence-corrected chi connectivity index (χ3v) is 5.77. The van der Waals surface area contributed by atoms with Gasteiger partial charge in [0.1, 0.15) is 5.49 Å². The Morgan fingerprint density at radius 1 is 0.939 bits per heavy atom. The van der Waals surface area contributed by atoms with Gasteiger partial charge in [0.15, 0.2) is 0 Å². The summed E-state index contributed by atoms with van der Waals surface area (Å²) in [6, 6.07) is 13.9. The van der Waals surface area contributed by atoms with Crippen LogP contribution in [0.25, 0.3) is 11.3 Å². The molecule has 0 bridgehead atoms. The number of unbranched alkanes of at least 4 members (excludes halogenated alkanes) is 7. The predicted octanol–water partition coefficient (Wildman–Crippen LogP) is 4.62. The Hall–Kier alpha value is -3.22. The number of carbonyl (C=O) groups is 1. The fourth-order valence-electron chi connectivity index (χ4n) is 3.85. The lowest BCUT2D eigenvalue weighted by Crippen LogP contribution is -2.25. The lowest BCUT2D eigenvalue weighted by Gasteiger charge is -2.08. The highest BCUT2D eigenvalue weighted by atomic mass is 16.1. The molecule has 0 saturated carbocycles.